The minimum Gasteiger partial charge on any atom is -0.445 e. The van der Waals surface area contributed by atoms with Gasteiger partial charge < -0.3 is 15.4 Å². The van der Waals surface area contributed by atoms with Gasteiger partial charge in [-0.1, -0.05) is 30.3 Å². The van der Waals surface area contributed by atoms with Crippen LogP contribution >= 0.6 is 11.3 Å². The first-order chi connectivity index (χ1) is 19.2. The van der Waals surface area contributed by atoms with E-state index in [1.54, 1.807) is 29.2 Å². The number of ether oxygens (including phenoxy) is 1. The van der Waals surface area contributed by atoms with Crippen molar-refractivity contribution in [2.45, 2.75) is 17.2 Å². The number of amides is 1. The number of nitrogens with zero attached hydrogens (tertiary/aromatic N) is 6. The zero-order valence-electron chi connectivity index (χ0n) is 22.1. The first kappa shape index (κ1) is 27.3. The Kier molecular flexibility index (Phi) is 7.82. The maximum absolute atomic E-state index is 12.6. The van der Waals surface area contributed by atoms with Crippen LogP contribution in [0.15, 0.2) is 71.5 Å². The highest BCUT2D eigenvalue weighted by Crippen LogP contribution is 2.32. The number of nitrogens with one attached hydrogen (secondary N) is 2. The summed E-state index contributed by atoms with van der Waals surface area (Å²) in [7, 11) is 1.26. The van der Waals surface area contributed by atoms with Gasteiger partial charge in [0.2, 0.25) is 0 Å². The number of aromatic nitrogens is 5. The number of anilines is 2. The molecule has 5 aromatic rings. The van der Waals surface area contributed by atoms with Crippen molar-refractivity contribution in [1.29, 1.82) is 0 Å². The summed E-state index contributed by atoms with van der Waals surface area (Å²) in [6.07, 6.45) is 7.13. The van der Waals surface area contributed by atoms with Gasteiger partial charge in [0.05, 0.1) is 28.8 Å². The Morgan fingerprint density at radius 1 is 1.10 bits per heavy atom. The summed E-state index contributed by atoms with van der Waals surface area (Å²) in [6, 6.07) is 12.7. The molecule has 1 aromatic carbocycles. The maximum Gasteiger partial charge on any atom is 0.407 e. The number of hydrogen-bond acceptors (Lipinski definition) is 9. The lowest BCUT2D eigenvalue weighted by Gasteiger charge is -2.11. The molecule has 40 heavy (non-hydrogen) atoms. The third-order valence-electron chi connectivity index (χ3n) is 5.96. The molecule has 0 fully saturated rings. The zero-order chi connectivity index (χ0) is 28.3. The van der Waals surface area contributed by atoms with Crippen molar-refractivity contribution in [1.82, 2.24) is 33.8 Å². The monoisotopic (exact) mass is 580 g/mol. The van der Waals surface area contributed by atoms with E-state index in [9.17, 15) is 13.2 Å². The molecule has 1 amide bonds. The molecule has 4 heterocycles. The molecule has 14 heteroatoms. The number of carbonyl (C=O) groups excluding carboxylic acids is 1. The summed E-state index contributed by atoms with van der Waals surface area (Å²) in [5.41, 5.74) is 3.82. The van der Waals surface area contributed by atoms with Gasteiger partial charge in [0.25, 0.3) is 10.0 Å². The Bertz CT molecular complexity index is 1740. The van der Waals surface area contributed by atoms with E-state index in [-0.39, 0.29) is 10.8 Å². The molecule has 0 spiro atoms. The SMILES string of the molecule is CN(C)S(=O)(=O)c1ccc(Nc2nc(CCNC(=O)OCc3ccccc3)cn3c(-c4cnn(C)c4)cnc23)s1. The summed E-state index contributed by atoms with van der Waals surface area (Å²) in [5, 5.41) is 10.9. The fraction of sp³-hybridized carbons (Fsp3) is 0.231. The highest BCUT2D eigenvalue weighted by Gasteiger charge is 2.21. The van der Waals surface area contributed by atoms with Gasteiger partial charge >= 0.3 is 6.09 Å². The second-order valence-electron chi connectivity index (χ2n) is 9.09. The molecule has 0 radical (unpaired) electrons. The Hall–Kier alpha value is -4.27. The van der Waals surface area contributed by atoms with Gasteiger partial charge in [-0.3, -0.25) is 9.08 Å². The molecule has 5 rings (SSSR count). The Balaban J connectivity index is 1.37. The number of sulfonamides is 1. The predicted octanol–water partition coefficient (Wildman–Crippen LogP) is 3.65. The van der Waals surface area contributed by atoms with Crippen molar-refractivity contribution in [3.05, 3.63) is 78.5 Å². The van der Waals surface area contributed by atoms with Gasteiger partial charge in [-0.2, -0.15) is 5.10 Å². The van der Waals surface area contributed by atoms with Crippen LogP contribution < -0.4 is 10.6 Å². The third kappa shape index (κ3) is 5.98. The van der Waals surface area contributed by atoms with E-state index in [1.165, 1.54) is 18.4 Å². The van der Waals surface area contributed by atoms with Crippen LogP contribution in [0.2, 0.25) is 0 Å². The number of carbonyl (C=O) groups is 1. The molecule has 0 bridgehead atoms. The molecule has 4 aromatic heterocycles. The highest BCUT2D eigenvalue weighted by molar-refractivity contribution is 7.91. The van der Waals surface area contributed by atoms with Gasteiger partial charge in [0, 0.05) is 52.1 Å². The average Bonchev–Trinajstić information content (AvgIpc) is 3.68. The van der Waals surface area contributed by atoms with Crippen molar-refractivity contribution >= 4 is 43.9 Å². The van der Waals surface area contributed by atoms with Crippen LogP contribution in [-0.2, 0) is 34.8 Å². The summed E-state index contributed by atoms with van der Waals surface area (Å²) in [6.45, 7) is 0.480. The predicted molar refractivity (Wildman–Crippen MR) is 152 cm³/mol. The Labute approximate surface area is 235 Å². The number of hydrogen-bond donors (Lipinski definition) is 2. The lowest BCUT2D eigenvalue weighted by molar-refractivity contribution is 0.140. The molecule has 0 unspecified atom stereocenters. The lowest BCUT2D eigenvalue weighted by atomic mass is 10.2. The highest BCUT2D eigenvalue weighted by atomic mass is 32.2. The Morgan fingerprint density at radius 3 is 2.62 bits per heavy atom. The number of aryl methyl sites for hydroxylation is 1. The van der Waals surface area contributed by atoms with Crippen LogP contribution in [0, 0.1) is 0 Å². The minimum absolute atomic E-state index is 0.181. The molecule has 12 nitrogen and oxygen atoms in total. The smallest absolute Gasteiger partial charge is 0.407 e. The van der Waals surface area contributed by atoms with Crippen LogP contribution in [0.25, 0.3) is 16.9 Å². The third-order valence-corrected chi connectivity index (χ3v) is 9.25. The van der Waals surface area contributed by atoms with Crippen molar-refractivity contribution in [3.8, 4) is 11.3 Å². The molecule has 0 aliphatic carbocycles. The van der Waals surface area contributed by atoms with E-state index in [4.69, 9.17) is 9.72 Å². The molecular weight excluding hydrogens is 552 g/mol. The molecule has 2 N–H and O–H groups in total. The van der Waals surface area contributed by atoms with Crippen LogP contribution in [0.5, 0.6) is 0 Å². The van der Waals surface area contributed by atoms with E-state index in [0.717, 1.165) is 28.2 Å². The molecule has 0 saturated heterocycles. The number of fused-ring (bicyclic) bond motifs is 1. The summed E-state index contributed by atoms with van der Waals surface area (Å²) >= 11 is 1.10. The molecule has 0 aliphatic heterocycles. The van der Waals surface area contributed by atoms with Crippen molar-refractivity contribution in [2.24, 2.45) is 7.05 Å². The topological polar surface area (TPSA) is 136 Å². The van der Waals surface area contributed by atoms with Crippen molar-refractivity contribution in [2.75, 3.05) is 26.0 Å². The summed E-state index contributed by atoms with van der Waals surface area (Å²) < 4.78 is 35.4. The van der Waals surface area contributed by atoms with Gasteiger partial charge in [0.15, 0.2) is 11.5 Å². The van der Waals surface area contributed by atoms with E-state index in [2.05, 4.69) is 20.7 Å². The summed E-state index contributed by atoms with van der Waals surface area (Å²) in [5.74, 6) is 0.454. The van der Waals surface area contributed by atoms with Gasteiger partial charge in [0.1, 0.15) is 10.8 Å². The fourth-order valence-corrected chi connectivity index (χ4v) is 6.27. The molecule has 0 aliphatic rings. The quantitative estimate of drug-likeness (QED) is 0.256. The second-order valence-corrected chi connectivity index (χ2v) is 12.6. The number of benzene rings is 1. The van der Waals surface area contributed by atoms with Crippen LogP contribution in [0.4, 0.5) is 15.6 Å². The number of thiophene rings is 1. The van der Waals surface area contributed by atoms with Gasteiger partial charge in [-0.15, -0.1) is 11.3 Å². The van der Waals surface area contributed by atoms with Crippen LogP contribution in [0.1, 0.15) is 11.3 Å². The number of rotatable bonds is 10. The Morgan fingerprint density at radius 2 is 1.90 bits per heavy atom. The number of alkyl carbamates (subject to hydrolysis) is 1. The van der Waals surface area contributed by atoms with Gasteiger partial charge in [-0.25, -0.2) is 27.5 Å². The van der Waals surface area contributed by atoms with E-state index >= 15 is 0 Å². The zero-order valence-corrected chi connectivity index (χ0v) is 23.7. The lowest BCUT2D eigenvalue weighted by Crippen LogP contribution is -2.26. The maximum atomic E-state index is 12.6. The van der Waals surface area contributed by atoms with Crippen LogP contribution in [-0.4, -0.2) is 63.6 Å². The number of imidazole rings is 1. The molecule has 208 valence electrons. The van der Waals surface area contributed by atoms with Gasteiger partial charge in [-0.05, 0) is 17.7 Å². The molecule has 0 atom stereocenters. The molecule has 0 saturated carbocycles. The van der Waals surface area contributed by atoms with E-state index in [1.807, 2.05) is 54.2 Å². The first-order valence-electron chi connectivity index (χ1n) is 12.3. The fourth-order valence-electron chi connectivity index (χ4n) is 3.90. The minimum atomic E-state index is -3.56. The standard InChI is InChI=1S/C26H28N8O4S2/c1-32(2)40(36,37)23-10-9-22(39-23)31-24-25-28-14-21(19-13-29-33(3)15-19)34(25)16-20(30-24)11-12-27-26(35)38-17-18-7-5-4-6-8-18/h4-10,13-16H,11-12,17H2,1-3H3,(H,27,35)(H,30,31). The van der Waals surface area contributed by atoms with E-state index in [0.29, 0.717) is 35.1 Å². The largest absolute Gasteiger partial charge is 0.445 e. The summed E-state index contributed by atoms with van der Waals surface area (Å²) in [4.78, 5) is 21.5. The van der Waals surface area contributed by atoms with Crippen LogP contribution in [0.3, 0.4) is 0 Å². The second kappa shape index (κ2) is 11.5. The van der Waals surface area contributed by atoms with Crippen molar-refractivity contribution < 1.29 is 17.9 Å². The molecular formula is C26H28N8O4S2. The van der Waals surface area contributed by atoms with E-state index < -0.39 is 16.1 Å². The van der Waals surface area contributed by atoms with Crippen molar-refractivity contribution in [3.63, 3.8) is 0 Å². The average molecular weight is 581 g/mol. The normalized spacial score (nSPS) is 11.7. The first-order valence-corrected chi connectivity index (χ1v) is 14.6.